The van der Waals surface area contributed by atoms with Crippen molar-refractivity contribution < 1.29 is 19.4 Å². The molecule has 0 bridgehead atoms. The summed E-state index contributed by atoms with van der Waals surface area (Å²) >= 11 is 0. The van der Waals surface area contributed by atoms with Crippen molar-refractivity contribution in [3.05, 3.63) is 59.8 Å². The highest BCUT2D eigenvalue weighted by atomic mass is 16.5. The highest BCUT2D eigenvalue weighted by molar-refractivity contribution is 6.09. The van der Waals surface area contributed by atoms with E-state index in [4.69, 9.17) is 4.74 Å². The smallest absolute Gasteiger partial charge is 0.340 e. The molecule has 0 fully saturated rings. The third kappa shape index (κ3) is 3.16. The predicted octanol–water partition coefficient (Wildman–Crippen LogP) is 3.35. The van der Waals surface area contributed by atoms with E-state index in [9.17, 15) is 14.7 Å². The van der Waals surface area contributed by atoms with E-state index >= 15 is 0 Å². The second kappa shape index (κ2) is 7.28. The number of aromatic nitrogens is 1. The third-order valence-electron chi connectivity index (χ3n) is 4.72. The van der Waals surface area contributed by atoms with Crippen molar-refractivity contribution >= 4 is 40.4 Å². The molecule has 0 spiro atoms. The zero-order chi connectivity index (χ0) is 19.7. The fourth-order valence-corrected chi connectivity index (χ4v) is 3.30. The highest BCUT2D eigenvalue weighted by Crippen LogP contribution is 2.34. The van der Waals surface area contributed by atoms with Gasteiger partial charge in [0.25, 0.3) is 0 Å². The molecule has 0 saturated heterocycles. The third-order valence-corrected chi connectivity index (χ3v) is 4.72. The average Bonchev–Trinajstić information content (AvgIpc) is 3.15. The van der Waals surface area contributed by atoms with Gasteiger partial charge in [-0.05, 0) is 31.2 Å². The van der Waals surface area contributed by atoms with E-state index in [1.165, 1.54) is 6.21 Å². The number of ether oxygens (including phenoxy) is 1. The van der Waals surface area contributed by atoms with Gasteiger partial charge >= 0.3 is 5.97 Å². The summed E-state index contributed by atoms with van der Waals surface area (Å²) in [6.45, 7) is 1.94. The van der Waals surface area contributed by atoms with Gasteiger partial charge in [-0.15, -0.1) is 0 Å². The number of aliphatic hydroxyl groups is 1. The SMILES string of the molecule is CCOC(=O)c1cc2cc[nH]c2cc1NC(=O)C1C=Nc2ccccc2C1O. The number of amides is 1. The number of nitrogens with one attached hydrogen (secondary N) is 2. The number of carbonyl (C=O) groups excluding carboxylic acids is 2. The van der Waals surface area contributed by atoms with Crippen LogP contribution in [0.25, 0.3) is 10.9 Å². The van der Waals surface area contributed by atoms with Crippen molar-refractivity contribution in [2.45, 2.75) is 13.0 Å². The number of H-pyrrole nitrogens is 1. The number of aromatic amines is 1. The summed E-state index contributed by atoms with van der Waals surface area (Å²) < 4.78 is 5.11. The number of esters is 1. The summed E-state index contributed by atoms with van der Waals surface area (Å²) in [5.74, 6) is -1.85. The molecular formula is C21H19N3O4. The second-order valence-corrected chi connectivity index (χ2v) is 6.48. The van der Waals surface area contributed by atoms with Crippen LogP contribution in [0.4, 0.5) is 11.4 Å². The van der Waals surface area contributed by atoms with E-state index in [0.717, 1.165) is 10.9 Å². The minimum absolute atomic E-state index is 0.224. The lowest BCUT2D eigenvalue weighted by molar-refractivity contribution is -0.120. The lowest BCUT2D eigenvalue weighted by atomic mass is 9.92. The summed E-state index contributed by atoms with van der Waals surface area (Å²) in [5.41, 5.74) is 2.57. The number of hydrogen-bond donors (Lipinski definition) is 3. The molecule has 1 amide bonds. The van der Waals surface area contributed by atoms with Gasteiger partial charge in [0.2, 0.25) is 5.91 Å². The minimum atomic E-state index is -1.02. The molecule has 28 heavy (non-hydrogen) atoms. The number of rotatable bonds is 4. The van der Waals surface area contributed by atoms with Gasteiger partial charge in [-0.3, -0.25) is 9.79 Å². The molecule has 7 heteroatoms. The zero-order valence-corrected chi connectivity index (χ0v) is 15.2. The number of aliphatic hydroxyl groups excluding tert-OH is 1. The fourth-order valence-electron chi connectivity index (χ4n) is 3.30. The number of nitrogens with zero attached hydrogens (tertiary/aromatic N) is 1. The fraction of sp³-hybridized carbons (Fsp3) is 0.190. The first-order valence-corrected chi connectivity index (χ1v) is 8.98. The Kier molecular flexibility index (Phi) is 4.67. The number of benzene rings is 2. The number of aliphatic imine (C=N–C) groups is 1. The maximum Gasteiger partial charge on any atom is 0.340 e. The summed E-state index contributed by atoms with van der Waals surface area (Å²) in [6.07, 6.45) is 2.16. The zero-order valence-electron chi connectivity index (χ0n) is 15.2. The van der Waals surface area contributed by atoms with Crippen molar-refractivity contribution in [3.8, 4) is 0 Å². The van der Waals surface area contributed by atoms with Crippen LogP contribution in [0, 0.1) is 5.92 Å². The Hall–Kier alpha value is -3.45. The Morgan fingerprint density at radius 2 is 2.07 bits per heavy atom. The van der Waals surface area contributed by atoms with Crippen molar-refractivity contribution in [3.63, 3.8) is 0 Å². The molecule has 0 aliphatic carbocycles. The van der Waals surface area contributed by atoms with Crippen LogP contribution < -0.4 is 5.32 Å². The molecule has 2 heterocycles. The molecule has 2 atom stereocenters. The van der Waals surface area contributed by atoms with E-state index in [1.54, 1.807) is 43.5 Å². The Bertz CT molecular complexity index is 1090. The van der Waals surface area contributed by atoms with Gasteiger partial charge in [0.15, 0.2) is 0 Å². The molecule has 2 unspecified atom stereocenters. The Morgan fingerprint density at radius 1 is 1.25 bits per heavy atom. The van der Waals surface area contributed by atoms with Gasteiger partial charge in [0.1, 0.15) is 5.92 Å². The number of anilines is 1. The van der Waals surface area contributed by atoms with Crippen LogP contribution in [0.15, 0.2) is 53.7 Å². The first-order valence-electron chi connectivity index (χ1n) is 8.98. The number of para-hydroxylation sites is 1. The summed E-state index contributed by atoms with van der Waals surface area (Å²) in [6, 6.07) is 12.3. The standard InChI is InChI=1S/C21H19N3O4/c1-2-28-21(27)14-9-12-7-8-22-17(12)10-18(14)24-20(26)15-11-23-16-6-4-3-5-13(16)19(15)25/h3-11,15,19,22,25H,2H2,1H3,(H,24,26). The molecule has 1 aromatic heterocycles. The number of hydrogen-bond acceptors (Lipinski definition) is 5. The van der Waals surface area contributed by atoms with Gasteiger partial charge in [0.05, 0.1) is 29.6 Å². The molecule has 3 aromatic rings. The summed E-state index contributed by atoms with van der Waals surface area (Å²) in [5, 5.41) is 14.2. The predicted molar refractivity (Wildman–Crippen MR) is 106 cm³/mol. The minimum Gasteiger partial charge on any atom is -0.462 e. The summed E-state index contributed by atoms with van der Waals surface area (Å²) in [7, 11) is 0. The van der Waals surface area contributed by atoms with E-state index in [-0.39, 0.29) is 12.2 Å². The van der Waals surface area contributed by atoms with Gasteiger partial charge < -0.3 is 20.1 Å². The quantitative estimate of drug-likeness (QED) is 0.607. The lowest BCUT2D eigenvalue weighted by Gasteiger charge is -2.24. The topological polar surface area (TPSA) is 104 Å². The normalized spacial score (nSPS) is 17.9. The van der Waals surface area contributed by atoms with Gasteiger partial charge in [-0.1, -0.05) is 18.2 Å². The molecule has 4 rings (SSSR count). The molecule has 2 aromatic carbocycles. The van der Waals surface area contributed by atoms with Crippen LogP contribution in [-0.4, -0.2) is 34.8 Å². The van der Waals surface area contributed by atoms with Crippen molar-refractivity contribution in [1.29, 1.82) is 0 Å². The molecule has 7 nitrogen and oxygen atoms in total. The Balaban J connectivity index is 1.65. The van der Waals surface area contributed by atoms with E-state index < -0.39 is 23.9 Å². The van der Waals surface area contributed by atoms with Crippen LogP contribution >= 0.6 is 0 Å². The van der Waals surface area contributed by atoms with E-state index in [0.29, 0.717) is 16.9 Å². The van der Waals surface area contributed by atoms with Crippen molar-refractivity contribution in [1.82, 2.24) is 4.98 Å². The molecule has 1 aliphatic heterocycles. The lowest BCUT2D eigenvalue weighted by Crippen LogP contribution is -2.31. The number of carbonyl (C=O) groups is 2. The Labute approximate surface area is 161 Å². The maximum absolute atomic E-state index is 12.9. The van der Waals surface area contributed by atoms with Crippen LogP contribution in [0.2, 0.25) is 0 Å². The average molecular weight is 377 g/mol. The van der Waals surface area contributed by atoms with Gasteiger partial charge in [-0.25, -0.2) is 4.79 Å². The molecule has 142 valence electrons. The molecule has 3 N–H and O–H groups in total. The first-order chi connectivity index (χ1) is 13.6. The largest absolute Gasteiger partial charge is 0.462 e. The van der Waals surface area contributed by atoms with Crippen molar-refractivity contribution in [2.75, 3.05) is 11.9 Å². The number of fused-ring (bicyclic) bond motifs is 2. The van der Waals surface area contributed by atoms with Crippen LogP contribution in [0.1, 0.15) is 28.9 Å². The van der Waals surface area contributed by atoms with Crippen LogP contribution in [0.5, 0.6) is 0 Å². The second-order valence-electron chi connectivity index (χ2n) is 6.48. The first kappa shape index (κ1) is 17.9. The molecule has 0 saturated carbocycles. The molecule has 1 aliphatic rings. The summed E-state index contributed by atoms with van der Waals surface area (Å²) in [4.78, 5) is 32.6. The van der Waals surface area contributed by atoms with Gasteiger partial charge in [-0.2, -0.15) is 0 Å². The van der Waals surface area contributed by atoms with E-state index in [1.807, 2.05) is 12.1 Å². The highest BCUT2D eigenvalue weighted by Gasteiger charge is 2.31. The molecular weight excluding hydrogens is 358 g/mol. The van der Waals surface area contributed by atoms with Crippen LogP contribution in [-0.2, 0) is 9.53 Å². The van der Waals surface area contributed by atoms with Crippen LogP contribution in [0.3, 0.4) is 0 Å². The Morgan fingerprint density at radius 3 is 2.89 bits per heavy atom. The maximum atomic E-state index is 12.9. The van der Waals surface area contributed by atoms with Gasteiger partial charge in [0, 0.05) is 28.9 Å². The van der Waals surface area contributed by atoms with Crippen molar-refractivity contribution in [2.24, 2.45) is 10.9 Å². The molecule has 0 radical (unpaired) electrons. The van der Waals surface area contributed by atoms with E-state index in [2.05, 4.69) is 15.3 Å². The monoisotopic (exact) mass is 377 g/mol.